The summed E-state index contributed by atoms with van der Waals surface area (Å²) < 4.78 is 0. The molecule has 0 radical (unpaired) electrons. The Labute approximate surface area is 86.5 Å². The van der Waals surface area contributed by atoms with E-state index >= 15 is 0 Å². The van der Waals surface area contributed by atoms with Crippen LogP contribution in [0.3, 0.4) is 0 Å². The van der Waals surface area contributed by atoms with E-state index in [0.29, 0.717) is 11.5 Å². The molecule has 0 aliphatic heterocycles. The molecule has 1 unspecified atom stereocenters. The molecule has 1 fully saturated rings. The fourth-order valence-corrected chi connectivity index (χ4v) is 2.16. The molecule has 1 atom stereocenters. The van der Waals surface area contributed by atoms with E-state index in [4.69, 9.17) is 0 Å². The monoisotopic (exact) mass is 189 g/mol. The summed E-state index contributed by atoms with van der Waals surface area (Å²) >= 11 is 0. The lowest BCUT2D eigenvalue weighted by Gasteiger charge is -2.23. The first kappa shape index (κ1) is 9.72. The summed E-state index contributed by atoms with van der Waals surface area (Å²) in [5.41, 5.74) is 3.27. The highest BCUT2D eigenvalue weighted by atomic mass is 14.9. The zero-order valence-electron chi connectivity index (χ0n) is 9.30. The van der Waals surface area contributed by atoms with Crippen LogP contribution in [0.15, 0.2) is 24.3 Å². The molecule has 0 amide bonds. The number of nitrogens with one attached hydrogen (secondary N) is 1. The lowest BCUT2D eigenvalue weighted by Crippen LogP contribution is -2.24. The molecule has 1 saturated carbocycles. The molecule has 0 heterocycles. The summed E-state index contributed by atoms with van der Waals surface area (Å²) in [5.74, 6) is 0. The highest BCUT2D eigenvalue weighted by molar-refractivity contribution is 5.27. The third-order valence-corrected chi connectivity index (χ3v) is 3.43. The Bertz CT molecular complexity index is 309. The predicted molar refractivity (Wildman–Crippen MR) is 60.3 cm³/mol. The zero-order valence-corrected chi connectivity index (χ0v) is 9.30. The van der Waals surface area contributed by atoms with E-state index in [0.717, 1.165) is 0 Å². The van der Waals surface area contributed by atoms with Gasteiger partial charge >= 0.3 is 0 Å². The number of benzene rings is 1. The lowest BCUT2D eigenvalue weighted by molar-refractivity contribution is 0.390. The summed E-state index contributed by atoms with van der Waals surface area (Å²) in [4.78, 5) is 0. The van der Waals surface area contributed by atoms with E-state index in [1.807, 2.05) is 0 Å². The Kier molecular flexibility index (Phi) is 2.36. The first-order valence-corrected chi connectivity index (χ1v) is 5.39. The molecule has 0 bridgehead atoms. The van der Waals surface area contributed by atoms with Gasteiger partial charge in [0.15, 0.2) is 0 Å². The van der Waals surface area contributed by atoms with Crippen LogP contribution in [0.1, 0.15) is 36.9 Å². The second-order valence-corrected chi connectivity index (χ2v) is 4.79. The Morgan fingerprint density at radius 2 is 1.79 bits per heavy atom. The van der Waals surface area contributed by atoms with Gasteiger partial charge in [-0.1, -0.05) is 36.8 Å². The first-order valence-electron chi connectivity index (χ1n) is 5.39. The molecule has 2 rings (SSSR count). The molecule has 1 nitrogen and oxygen atoms in total. The van der Waals surface area contributed by atoms with Gasteiger partial charge in [0.2, 0.25) is 0 Å². The maximum absolute atomic E-state index is 3.44. The van der Waals surface area contributed by atoms with Gasteiger partial charge in [0.1, 0.15) is 0 Å². The lowest BCUT2D eigenvalue weighted by atomic mass is 9.91. The minimum Gasteiger partial charge on any atom is -0.313 e. The Hall–Kier alpha value is -0.820. The van der Waals surface area contributed by atoms with E-state index in [-0.39, 0.29) is 0 Å². The molecule has 14 heavy (non-hydrogen) atoms. The predicted octanol–water partition coefficient (Wildman–Crippen LogP) is 3.06. The van der Waals surface area contributed by atoms with Crippen molar-refractivity contribution in [2.75, 3.05) is 7.05 Å². The molecule has 1 N–H and O–H groups in total. The van der Waals surface area contributed by atoms with E-state index in [1.165, 1.54) is 24.0 Å². The minimum absolute atomic E-state index is 0.504. The van der Waals surface area contributed by atoms with Crippen molar-refractivity contribution < 1.29 is 0 Å². The van der Waals surface area contributed by atoms with Crippen LogP contribution in [0, 0.1) is 12.3 Å². The smallest absolute Gasteiger partial charge is 0.0372 e. The molecule has 0 aromatic heterocycles. The topological polar surface area (TPSA) is 12.0 Å². The van der Waals surface area contributed by atoms with E-state index in [2.05, 4.69) is 50.5 Å². The van der Waals surface area contributed by atoms with Gasteiger partial charge in [-0.3, -0.25) is 0 Å². The van der Waals surface area contributed by atoms with Gasteiger partial charge in [-0.05, 0) is 37.8 Å². The third-order valence-electron chi connectivity index (χ3n) is 3.43. The average Bonchev–Trinajstić information content (AvgIpc) is 2.89. The fourth-order valence-electron chi connectivity index (χ4n) is 2.16. The maximum atomic E-state index is 3.44. The van der Waals surface area contributed by atoms with Crippen LogP contribution >= 0.6 is 0 Å². The zero-order chi connectivity index (χ0) is 10.2. The molecule has 1 aliphatic carbocycles. The van der Waals surface area contributed by atoms with Gasteiger partial charge < -0.3 is 5.32 Å². The molecule has 1 aromatic carbocycles. The van der Waals surface area contributed by atoms with E-state index in [1.54, 1.807) is 0 Å². The molecular formula is C13H19N. The van der Waals surface area contributed by atoms with Gasteiger partial charge in [0, 0.05) is 6.04 Å². The first-order chi connectivity index (χ1) is 6.65. The van der Waals surface area contributed by atoms with Crippen molar-refractivity contribution in [2.24, 2.45) is 5.41 Å². The van der Waals surface area contributed by atoms with E-state index in [9.17, 15) is 0 Å². The summed E-state index contributed by atoms with van der Waals surface area (Å²) in [6, 6.07) is 9.43. The highest BCUT2D eigenvalue weighted by Crippen LogP contribution is 2.54. The molecule has 1 heteroatoms. The number of aryl methyl sites for hydroxylation is 1. The van der Waals surface area contributed by atoms with Gasteiger partial charge in [0.25, 0.3) is 0 Å². The SMILES string of the molecule is CNC(c1ccc(C)cc1)C1(C)CC1. The van der Waals surface area contributed by atoms with Crippen LogP contribution in [-0.4, -0.2) is 7.05 Å². The summed E-state index contributed by atoms with van der Waals surface area (Å²) in [6.07, 6.45) is 2.71. The van der Waals surface area contributed by atoms with Crippen LogP contribution in [0.4, 0.5) is 0 Å². The van der Waals surface area contributed by atoms with E-state index < -0.39 is 0 Å². The second-order valence-electron chi connectivity index (χ2n) is 4.79. The van der Waals surface area contributed by atoms with Crippen molar-refractivity contribution in [3.8, 4) is 0 Å². The number of rotatable bonds is 3. The van der Waals surface area contributed by atoms with Crippen molar-refractivity contribution in [3.05, 3.63) is 35.4 Å². The maximum Gasteiger partial charge on any atom is 0.0372 e. The molecule has 0 spiro atoms. The quantitative estimate of drug-likeness (QED) is 0.770. The Morgan fingerprint density at radius 1 is 1.21 bits per heavy atom. The van der Waals surface area contributed by atoms with Crippen LogP contribution < -0.4 is 5.32 Å². The minimum atomic E-state index is 0.504. The molecule has 0 saturated heterocycles. The van der Waals surface area contributed by atoms with Crippen molar-refractivity contribution in [1.29, 1.82) is 0 Å². The summed E-state index contributed by atoms with van der Waals surface area (Å²) in [5, 5.41) is 3.44. The molecule has 1 aliphatic rings. The fraction of sp³-hybridized carbons (Fsp3) is 0.538. The number of hydrogen-bond donors (Lipinski definition) is 1. The highest BCUT2D eigenvalue weighted by Gasteiger charge is 2.44. The van der Waals surface area contributed by atoms with Crippen LogP contribution in [0.2, 0.25) is 0 Å². The van der Waals surface area contributed by atoms with Gasteiger partial charge in [-0.2, -0.15) is 0 Å². The number of hydrogen-bond acceptors (Lipinski definition) is 1. The Morgan fingerprint density at radius 3 is 2.21 bits per heavy atom. The van der Waals surface area contributed by atoms with Crippen molar-refractivity contribution in [1.82, 2.24) is 5.32 Å². The van der Waals surface area contributed by atoms with Crippen molar-refractivity contribution >= 4 is 0 Å². The standard InChI is InChI=1S/C13H19N/c1-10-4-6-11(7-5-10)12(14-3)13(2)8-9-13/h4-7,12,14H,8-9H2,1-3H3. The largest absolute Gasteiger partial charge is 0.313 e. The normalized spacial score (nSPS) is 20.5. The van der Waals surface area contributed by atoms with Crippen molar-refractivity contribution in [2.45, 2.75) is 32.7 Å². The third kappa shape index (κ3) is 1.69. The molecular weight excluding hydrogens is 170 g/mol. The van der Waals surface area contributed by atoms with Crippen molar-refractivity contribution in [3.63, 3.8) is 0 Å². The van der Waals surface area contributed by atoms with Crippen LogP contribution in [0.25, 0.3) is 0 Å². The van der Waals surface area contributed by atoms with Gasteiger partial charge in [-0.25, -0.2) is 0 Å². The Balaban J connectivity index is 2.23. The molecule has 76 valence electrons. The summed E-state index contributed by atoms with van der Waals surface area (Å²) in [6.45, 7) is 4.50. The molecule has 1 aromatic rings. The summed E-state index contributed by atoms with van der Waals surface area (Å²) in [7, 11) is 2.06. The average molecular weight is 189 g/mol. The van der Waals surface area contributed by atoms with Crippen LogP contribution in [-0.2, 0) is 0 Å². The van der Waals surface area contributed by atoms with Gasteiger partial charge in [0.05, 0.1) is 0 Å². The van der Waals surface area contributed by atoms with Gasteiger partial charge in [-0.15, -0.1) is 0 Å². The second kappa shape index (κ2) is 3.39. The van der Waals surface area contributed by atoms with Crippen LogP contribution in [0.5, 0.6) is 0 Å².